The molecule has 3 aliphatic rings. The van der Waals surface area contributed by atoms with Gasteiger partial charge in [-0.1, -0.05) is 18.2 Å². The summed E-state index contributed by atoms with van der Waals surface area (Å²) in [7, 11) is 0. The number of benzene rings is 1. The molecule has 1 amide bonds. The van der Waals surface area contributed by atoms with Crippen LogP contribution in [0.5, 0.6) is 0 Å². The van der Waals surface area contributed by atoms with E-state index < -0.39 is 0 Å². The van der Waals surface area contributed by atoms with E-state index in [0.717, 1.165) is 63.4 Å². The molecule has 4 nitrogen and oxygen atoms in total. The molecule has 4 heterocycles. The van der Waals surface area contributed by atoms with Gasteiger partial charge in [0.05, 0.1) is 12.3 Å². The van der Waals surface area contributed by atoms with E-state index in [1.54, 1.807) is 11.3 Å². The van der Waals surface area contributed by atoms with E-state index >= 15 is 0 Å². The highest BCUT2D eigenvalue weighted by Gasteiger charge is 2.46. The first kappa shape index (κ1) is 16.5. The predicted molar refractivity (Wildman–Crippen MR) is 104 cm³/mol. The number of hydrogen-bond acceptors (Lipinski definition) is 4. The van der Waals surface area contributed by atoms with Gasteiger partial charge in [0, 0.05) is 35.6 Å². The highest BCUT2D eigenvalue weighted by molar-refractivity contribution is 7.08. The molecule has 2 fully saturated rings. The van der Waals surface area contributed by atoms with E-state index in [-0.39, 0.29) is 11.3 Å². The fraction of sp³-hybridized carbons (Fsp3) is 0.476. The molecule has 1 aromatic carbocycles. The topological polar surface area (TPSA) is 32.8 Å². The lowest BCUT2D eigenvalue weighted by molar-refractivity contribution is 0.0857. The SMILES string of the molecule is O=C1c2ccccc2C2(CCN(C3CCOC3)CC2)CN1c1ccsc1. The van der Waals surface area contributed by atoms with Crippen molar-refractivity contribution in [1.82, 2.24) is 4.90 Å². The Balaban J connectivity index is 1.47. The number of carbonyl (C=O) groups excluding carboxylic acids is 1. The molecule has 1 atom stereocenters. The number of thiophene rings is 1. The summed E-state index contributed by atoms with van der Waals surface area (Å²) in [5.74, 6) is 0.149. The van der Waals surface area contributed by atoms with Gasteiger partial charge in [0.15, 0.2) is 0 Å². The molecule has 0 aliphatic carbocycles. The predicted octanol–water partition coefficient (Wildman–Crippen LogP) is 3.53. The van der Waals surface area contributed by atoms with Crippen LogP contribution in [-0.2, 0) is 10.2 Å². The third kappa shape index (κ3) is 2.61. The van der Waals surface area contributed by atoms with Crippen LogP contribution >= 0.6 is 11.3 Å². The number of anilines is 1. The van der Waals surface area contributed by atoms with Gasteiger partial charge in [0.25, 0.3) is 5.91 Å². The van der Waals surface area contributed by atoms with Crippen LogP contribution in [0.15, 0.2) is 41.1 Å². The molecule has 1 unspecified atom stereocenters. The second-order valence-electron chi connectivity index (χ2n) is 7.75. The standard InChI is InChI=1S/C21H24N2O2S/c24-20-18-3-1-2-4-19(18)21(15-23(20)17-6-12-26-14-17)7-9-22(10-8-21)16-5-11-25-13-16/h1-4,6,12,14,16H,5,7-11,13,15H2. The van der Waals surface area contributed by atoms with Crippen LogP contribution in [0.25, 0.3) is 0 Å². The molecular formula is C21H24N2O2S. The molecule has 0 saturated carbocycles. The normalized spacial score (nSPS) is 25.6. The molecule has 2 aromatic rings. The zero-order chi connectivity index (χ0) is 17.6. The van der Waals surface area contributed by atoms with Crippen molar-refractivity contribution in [2.45, 2.75) is 30.7 Å². The van der Waals surface area contributed by atoms with Crippen molar-refractivity contribution in [2.75, 3.05) is 37.7 Å². The van der Waals surface area contributed by atoms with Gasteiger partial charge in [-0.2, -0.15) is 11.3 Å². The Labute approximate surface area is 158 Å². The van der Waals surface area contributed by atoms with Crippen molar-refractivity contribution in [3.05, 3.63) is 52.2 Å². The molecule has 5 rings (SSSR count). The number of ether oxygens (including phenoxy) is 1. The fourth-order valence-corrected chi connectivity index (χ4v) is 5.55. The number of hydrogen-bond donors (Lipinski definition) is 0. The summed E-state index contributed by atoms with van der Waals surface area (Å²) in [4.78, 5) is 17.7. The van der Waals surface area contributed by atoms with Crippen molar-refractivity contribution in [2.24, 2.45) is 0 Å². The quantitative estimate of drug-likeness (QED) is 0.813. The van der Waals surface area contributed by atoms with Gasteiger partial charge in [0.1, 0.15) is 0 Å². The Morgan fingerprint density at radius 3 is 2.73 bits per heavy atom. The minimum atomic E-state index is 0.0718. The average Bonchev–Trinajstić information content (AvgIpc) is 3.39. The summed E-state index contributed by atoms with van der Waals surface area (Å²) in [6.07, 6.45) is 3.37. The molecule has 136 valence electrons. The maximum absolute atomic E-state index is 13.1. The van der Waals surface area contributed by atoms with E-state index in [1.807, 2.05) is 17.0 Å². The van der Waals surface area contributed by atoms with Crippen LogP contribution in [0, 0.1) is 0 Å². The van der Waals surface area contributed by atoms with E-state index in [9.17, 15) is 4.79 Å². The van der Waals surface area contributed by atoms with Crippen molar-refractivity contribution < 1.29 is 9.53 Å². The van der Waals surface area contributed by atoms with Gasteiger partial charge >= 0.3 is 0 Å². The van der Waals surface area contributed by atoms with Crippen LogP contribution in [0.3, 0.4) is 0 Å². The van der Waals surface area contributed by atoms with Crippen LogP contribution in [0.4, 0.5) is 5.69 Å². The lowest BCUT2D eigenvalue weighted by Gasteiger charge is -2.49. The fourth-order valence-electron chi connectivity index (χ4n) is 4.91. The van der Waals surface area contributed by atoms with Crippen LogP contribution < -0.4 is 4.90 Å². The van der Waals surface area contributed by atoms with E-state index in [2.05, 4.69) is 33.9 Å². The van der Waals surface area contributed by atoms with Crippen molar-refractivity contribution in [3.8, 4) is 0 Å². The molecule has 5 heteroatoms. The number of fused-ring (bicyclic) bond motifs is 2. The number of amides is 1. The average molecular weight is 369 g/mol. The third-order valence-electron chi connectivity index (χ3n) is 6.43. The molecule has 1 aromatic heterocycles. The van der Waals surface area contributed by atoms with Gasteiger partial charge in [-0.3, -0.25) is 9.69 Å². The van der Waals surface area contributed by atoms with Gasteiger partial charge in [0.2, 0.25) is 0 Å². The van der Waals surface area contributed by atoms with Crippen LogP contribution in [0.2, 0.25) is 0 Å². The second-order valence-corrected chi connectivity index (χ2v) is 8.53. The van der Waals surface area contributed by atoms with Gasteiger partial charge < -0.3 is 9.64 Å². The number of likely N-dealkylation sites (tertiary alicyclic amines) is 1. The number of nitrogens with zero attached hydrogens (tertiary/aromatic N) is 2. The first-order chi connectivity index (χ1) is 12.8. The highest BCUT2D eigenvalue weighted by Crippen LogP contribution is 2.43. The molecule has 1 spiro atoms. The van der Waals surface area contributed by atoms with Crippen LogP contribution in [-0.4, -0.2) is 49.7 Å². The monoisotopic (exact) mass is 368 g/mol. The van der Waals surface area contributed by atoms with Gasteiger partial charge in [-0.15, -0.1) is 0 Å². The summed E-state index contributed by atoms with van der Waals surface area (Å²) in [5, 5.41) is 4.14. The van der Waals surface area contributed by atoms with Gasteiger partial charge in [-0.25, -0.2) is 0 Å². The molecule has 2 saturated heterocycles. The second kappa shape index (κ2) is 6.48. The Bertz CT molecular complexity index is 790. The summed E-state index contributed by atoms with van der Waals surface area (Å²) in [5.41, 5.74) is 3.27. The molecule has 26 heavy (non-hydrogen) atoms. The minimum absolute atomic E-state index is 0.0718. The summed E-state index contributed by atoms with van der Waals surface area (Å²) >= 11 is 1.65. The number of piperidine rings is 1. The Kier molecular flexibility index (Phi) is 4.11. The van der Waals surface area contributed by atoms with Crippen molar-refractivity contribution in [3.63, 3.8) is 0 Å². The third-order valence-corrected chi connectivity index (χ3v) is 7.10. The summed E-state index contributed by atoms with van der Waals surface area (Å²) < 4.78 is 5.59. The van der Waals surface area contributed by atoms with Crippen molar-refractivity contribution >= 4 is 22.9 Å². The van der Waals surface area contributed by atoms with Crippen LogP contribution in [0.1, 0.15) is 35.2 Å². The molecule has 3 aliphatic heterocycles. The lowest BCUT2D eigenvalue weighted by Crippen LogP contribution is -2.55. The Morgan fingerprint density at radius 2 is 2.00 bits per heavy atom. The highest BCUT2D eigenvalue weighted by atomic mass is 32.1. The zero-order valence-electron chi connectivity index (χ0n) is 14.9. The van der Waals surface area contributed by atoms with E-state index in [0.29, 0.717) is 6.04 Å². The first-order valence-electron chi connectivity index (χ1n) is 9.52. The van der Waals surface area contributed by atoms with Crippen molar-refractivity contribution in [1.29, 1.82) is 0 Å². The maximum atomic E-state index is 13.1. The molecule has 0 radical (unpaired) electrons. The van der Waals surface area contributed by atoms with Gasteiger partial charge in [-0.05, 0) is 55.4 Å². The van der Waals surface area contributed by atoms with E-state index in [1.165, 1.54) is 5.56 Å². The Hall–Kier alpha value is -1.69. The minimum Gasteiger partial charge on any atom is -0.380 e. The molecule has 0 bridgehead atoms. The smallest absolute Gasteiger partial charge is 0.258 e. The molecule has 0 N–H and O–H groups in total. The zero-order valence-corrected chi connectivity index (χ0v) is 15.7. The maximum Gasteiger partial charge on any atom is 0.258 e. The summed E-state index contributed by atoms with van der Waals surface area (Å²) in [6.45, 7) is 4.76. The van der Waals surface area contributed by atoms with E-state index in [4.69, 9.17) is 4.74 Å². The molecular weight excluding hydrogens is 344 g/mol. The first-order valence-corrected chi connectivity index (χ1v) is 10.5. The summed E-state index contributed by atoms with van der Waals surface area (Å²) in [6, 6.07) is 10.9. The number of carbonyl (C=O) groups is 1. The Morgan fingerprint density at radius 1 is 1.15 bits per heavy atom. The largest absolute Gasteiger partial charge is 0.380 e. The lowest BCUT2D eigenvalue weighted by atomic mass is 9.68. The number of rotatable bonds is 2.